The van der Waals surface area contributed by atoms with Gasteiger partial charge in [-0.2, -0.15) is 5.26 Å². The van der Waals surface area contributed by atoms with Gasteiger partial charge in [-0.1, -0.05) is 18.2 Å². The molecule has 2 aromatic carbocycles. The Hall–Kier alpha value is -3.11. The van der Waals surface area contributed by atoms with Crippen LogP contribution in [0.15, 0.2) is 30.3 Å². The van der Waals surface area contributed by atoms with Gasteiger partial charge in [0, 0.05) is 45.2 Å². The number of hydrogen-bond donors (Lipinski definition) is 1. The first-order valence-corrected chi connectivity index (χ1v) is 11.0. The summed E-state index contributed by atoms with van der Waals surface area (Å²) >= 11 is 0. The van der Waals surface area contributed by atoms with E-state index in [-0.39, 0.29) is 29.6 Å². The summed E-state index contributed by atoms with van der Waals surface area (Å²) in [6.45, 7) is 1.21. The topological polar surface area (TPSA) is 82.8 Å². The molecule has 32 heavy (non-hydrogen) atoms. The highest BCUT2D eigenvalue weighted by atomic mass is 19.1. The molecular weight excluding hydrogens is 411 g/mol. The third kappa shape index (κ3) is 3.80. The zero-order chi connectivity index (χ0) is 22.4. The lowest BCUT2D eigenvalue weighted by molar-refractivity contribution is -0.138. The molecular formula is C25H25FN2O4. The number of anilines is 1. The van der Waals surface area contributed by atoms with Crippen molar-refractivity contribution in [2.24, 2.45) is 5.92 Å². The molecule has 3 aliphatic rings. The normalized spacial score (nSPS) is 26.0. The molecule has 2 fully saturated rings. The predicted octanol–water partition coefficient (Wildman–Crippen LogP) is 4.00. The fraction of sp³-hybridized carbons (Fsp3) is 0.440. The summed E-state index contributed by atoms with van der Waals surface area (Å²) in [6.07, 6.45) is 3.19. The van der Waals surface area contributed by atoms with Crippen LogP contribution in [-0.2, 0) is 22.5 Å². The van der Waals surface area contributed by atoms with E-state index in [1.807, 2.05) is 23.1 Å². The van der Waals surface area contributed by atoms with Crippen LogP contribution in [0.1, 0.15) is 47.4 Å². The number of nitriles is 1. The second-order valence-electron chi connectivity index (χ2n) is 8.97. The van der Waals surface area contributed by atoms with Gasteiger partial charge in [0.1, 0.15) is 29.3 Å². The maximum Gasteiger partial charge on any atom is 0.307 e. The number of benzene rings is 2. The Morgan fingerprint density at radius 1 is 1.19 bits per heavy atom. The molecule has 0 radical (unpaired) electrons. The van der Waals surface area contributed by atoms with Gasteiger partial charge in [0.25, 0.3) is 0 Å². The number of nitrogens with zero attached hydrogens (tertiary/aromatic N) is 2. The molecule has 2 aliphatic carbocycles. The first kappa shape index (κ1) is 20.8. The highest BCUT2D eigenvalue weighted by molar-refractivity contribution is 5.75. The first-order valence-electron chi connectivity index (χ1n) is 11.0. The number of halogens is 1. The fourth-order valence-electron chi connectivity index (χ4n) is 4.84. The Labute approximate surface area is 186 Å². The maximum absolute atomic E-state index is 14.7. The minimum Gasteiger partial charge on any atom is -0.490 e. The number of aliphatic carboxylic acids is 1. The number of fused-ring (bicyclic) bond motifs is 1. The second-order valence-corrected chi connectivity index (χ2v) is 8.97. The van der Waals surface area contributed by atoms with Crippen LogP contribution in [0.4, 0.5) is 10.1 Å². The Morgan fingerprint density at radius 3 is 2.69 bits per heavy atom. The van der Waals surface area contributed by atoms with Crippen molar-refractivity contribution in [2.75, 3.05) is 18.6 Å². The van der Waals surface area contributed by atoms with Crippen molar-refractivity contribution in [1.29, 1.82) is 5.26 Å². The summed E-state index contributed by atoms with van der Waals surface area (Å²) < 4.78 is 25.9. The highest BCUT2D eigenvalue weighted by Crippen LogP contribution is 2.48. The summed E-state index contributed by atoms with van der Waals surface area (Å²) in [5.74, 6) is -1.03. The van der Waals surface area contributed by atoms with Gasteiger partial charge in [0.15, 0.2) is 0 Å². The minimum absolute atomic E-state index is 0.00214. The molecule has 1 N–H and O–H groups in total. The van der Waals surface area contributed by atoms with Crippen molar-refractivity contribution >= 4 is 11.7 Å². The van der Waals surface area contributed by atoms with Crippen LogP contribution in [0, 0.1) is 23.1 Å². The lowest BCUT2D eigenvalue weighted by Gasteiger charge is -2.35. The smallest absolute Gasteiger partial charge is 0.307 e. The molecule has 0 unspecified atom stereocenters. The molecule has 0 aromatic heterocycles. The number of rotatable bonds is 6. The molecule has 6 nitrogen and oxygen atoms in total. The fourth-order valence-corrected chi connectivity index (χ4v) is 4.84. The molecule has 7 heteroatoms. The van der Waals surface area contributed by atoms with Crippen molar-refractivity contribution < 1.29 is 23.8 Å². The van der Waals surface area contributed by atoms with Crippen LogP contribution < -0.4 is 9.64 Å². The number of carboxylic acids is 1. The molecule has 166 valence electrons. The van der Waals surface area contributed by atoms with E-state index < -0.39 is 11.8 Å². The van der Waals surface area contributed by atoms with Crippen LogP contribution >= 0.6 is 0 Å². The van der Waals surface area contributed by atoms with Crippen LogP contribution in [0.5, 0.6) is 5.75 Å². The number of carboxylic acid groups (broad SMARTS) is 1. The zero-order valence-electron chi connectivity index (χ0n) is 17.9. The highest BCUT2D eigenvalue weighted by Gasteiger charge is 2.44. The standard InChI is InChI=1S/C25H25FN2O4/c1-31-17-7-18(8-17)32-19-9-23(26)22(12-27)24(10-19)28-5-4-14-6-15(2-3-16(14)13-28)20-11-21(20)25(29)30/h2-3,6,9-10,17-18,20-21H,4-5,7-8,11,13H2,1H3,(H,29,30)/t17?,18?,20-,21+/m1/s1. The molecule has 0 saturated heterocycles. The van der Waals surface area contributed by atoms with Crippen LogP contribution in [0.3, 0.4) is 0 Å². The molecule has 0 bridgehead atoms. The lowest BCUT2D eigenvalue weighted by atomic mass is 9.92. The number of ether oxygens (including phenoxy) is 2. The van der Waals surface area contributed by atoms with E-state index in [0.29, 0.717) is 30.9 Å². The molecule has 1 heterocycles. The molecule has 1 aliphatic heterocycles. The Balaban J connectivity index is 1.35. The van der Waals surface area contributed by atoms with Crippen molar-refractivity contribution in [3.05, 3.63) is 58.4 Å². The number of hydrogen-bond acceptors (Lipinski definition) is 5. The monoisotopic (exact) mass is 436 g/mol. The van der Waals surface area contributed by atoms with Crippen LogP contribution in [0.2, 0.25) is 0 Å². The van der Waals surface area contributed by atoms with Crippen molar-refractivity contribution in [3.63, 3.8) is 0 Å². The van der Waals surface area contributed by atoms with Gasteiger partial charge in [0.2, 0.25) is 0 Å². The van der Waals surface area contributed by atoms with Crippen LogP contribution in [-0.4, -0.2) is 36.9 Å². The lowest BCUT2D eigenvalue weighted by Crippen LogP contribution is -2.39. The zero-order valence-corrected chi connectivity index (χ0v) is 17.9. The summed E-state index contributed by atoms with van der Waals surface area (Å²) in [5.41, 5.74) is 3.97. The molecule has 2 aromatic rings. The van der Waals surface area contributed by atoms with Crippen molar-refractivity contribution in [2.45, 2.75) is 50.4 Å². The van der Waals surface area contributed by atoms with Crippen molar-refractivity contribution in [1.82, 2.24) is 0 Å². The van der Waals surface area contributed by atoms with Gasteiger partial charge in [-0.25, -0.2) is 4.39 Å². The number of carbonyl (C=O) groups is 1. The van der Waals surface area contributed by atoms with Gasteiger partial charge >= 0.3 is 5.97 Å². The van der Waals surface area contributed by atoms with Gasteiger partial charge < -0.3 is 19.5 Å². The van der Waals surface area contributed by atoms with E-state index in [9.17, 15) is 19.6 Å². The second kappa shape index (κ2) is 8.10. The van der Waals surface area contributed by atoms with Crippen molar-refractivity contribution in [3.8, 4) is 11.8 Å². The largest absolute Gasteiger partial charge is 0.490 e. The van der Waals surface area contributed by atoms with E-state index in [1.54, 1.807) is 13.2 Å². The summed E-state index contributed by atoms with van der Waals surface area (Å²) in [5, 5.41) is 18.8. The average molecular weight is 436 g/mol. The Morgan fingerprint density at radius 2 is 2.00 bits per heavy atom. The summed E-state index contributed by atoms with van der Waals surface area (Å²) in [6, 6.07) is 11.2. The molecule has 2 atom stereocenters. The quantitative estimate of drug-likeness (QED) is 0.737. The van der Waals surface area contributed by atoms with E-state index in [0.717, 1.165) is 30.4 Å². The summed E-state index contributed by atoms with van der Waals surface area (Å²) in [4.78, 5) is 13.2. The molecule has 0 amide bonds. The third-order valence-corrected chi connectivity index (χ3v) is 6.96. The maximum atomic E-state index is 14.7. The van der Waals surface area contributed by atoms with Gasteiger partial charge in [-0.15, -0.1) is 0 Å². The Kier molecular flexibility index (Phi) is 5.26. The minimum atomic E-state index is -0.730. The van der Waals surface area contributed by atoms with E-state index >= 15 is 0 Å². The SMILES string of the molecule is COC1CC(Oc2cc(F)c(C#N)c(N3CCc4cc([C@H]5C[C@@H]5C(=O)O)ccc4C3)c2)C1. The average Bonchev–Trinajstić information content (AvgIpc) is 3.56. The molecule has 2 saturated carbocycles. The van der Waals surface area contributed by atoms with Gasteiger partial charge in [-0.3, -0.25) is 4.79 Å². The molecule has 0 spiro atoms. The van der Waals surface area contributed by atoms with Gasteiger partial charge in [-0.05, 0) is 35.4 Å². The van der Waals surface area contributed by atoms with E-state index in [1.165, 1.54) is 11.6 Å². The van der Waals surface area contributed by atoms with Gasteiger partial charge in [0.05, 0.1) is 17.7 Å². The predicted molar refractivity (Wildman–Crippen MR) is 115 cm³/mol. The Bertz CT molecular complexity index is 1110. The summed E-state index contributed by atoms with van der Waals surface area (Å²) in [7, 11) is 1.67. The van der Waals surface area contributed by atoms with Crippen LogP contribution in [0.25, 0.3) is 0 Å². The molecule has 5 rings (SSSR count). The van der Waals surface area contributed by atoms with E-state index in [2.05, 4.69) is 6.07 Å². The third-order valence-electron chi connectivity index (χ3n) is 6.96. The number of methoxy groups -OCH3 is 1. The first-order chi connectivity index (χ1) is 15.5. The van der Waals surface area contributed by atoms with E-state index in [4.69, 9.17) is 9.47 Å².